The third kappa shape index (κ3) is 4.54. The molecule has 3 rings (SSSR count). The molecule has 1 aliphatic rings. The van der Waals surface area contributed by atoms with Gasteiger partial charge in [0.05, 0.1) is 12.5 Å². The minimum absolute atomic E-state index is 0.0979. The number of nitrogens with one attached hydrogen (secondary N) is 1. The zero-order valence-electron chi connectivity index (χ0n) is 15.2. The summed E-state index contributed by atoms with van der Waals surface area (Å²) in [5.41, 5.74) is 1.85. The Morgan fingerprint density at radius 1 is 1.19 bits per heavy atom. The summed E-state index contributed by atoms with van der Waals surface area (Å²) in [6.07, 6.45) is 0.804. The fourth-order valence-electron chi connectivity index (χ4n) is 2.74. The highest BCUT2D eigenvalue weighted by Crippen LogP contribution is 2.39. The van der Waals surface area contributed by atoms with E-state index in [1.54, 1.807) is 12.3 Å². The first-order valence-electron chi connectivity index (χ1n) is 8.81. The lowest BCUT2D eigenvalue weighted by molar-refractivity contribution is -0.148. The summed E-state index contributed by atoms with van der Waals surface area (Å²) in [7, 11) is 0. The van der Waals surface area contributed by atoms with Crippen LogP contribution < -0.4 is 5.32 Å². The van der Waals surface area contributed by atoms with Crippen LogP contribution in [-0.4, -0.2) is 31.1 Å². The first-order valence-corrected chi connectivity index (χ1v) is 9.69. The maximum Gasteiger partial charge on any atom is 0.341 e. The number of hydrogen-bond acceptors (Lipinski definition) is 6. The Morgan fingerprint density at radius 3 is 2.52 bits per heavy atom. The Labute approximate surface area is 161 Å². The molecule has 2 atom stereocenters. The molecule has 1 aromatic heterocycles. The van der Waals surface area contributed by atoms with Gasteiger partial charge in [-0.25, -0.2) is 4.79 Å². The lowest BCUT2D eigenvalue weighted by Crippen LogP contribution is -2.22. The van der Waals surface area contributed by atoms with Crippen LogP contribution in [0, 0.1) is 11.8 Å². The molecule has 1 heterocycles. The van der Waals surface area contributed by atoms with Gasteiger partial charge < -0.3 is 14.8 Å². The molecule has 0 radical (unpaired) electrons. The van der Waals surface area contributed by atoms with Crippen LogP contribution in [0.1, 0.15) is 30.6 Å². The van der Waals surface area contributed by atoms with E-state index in [0.29, 0.717) is 22.0 Å². The second-order valence-electron chi connectivity index (χ2n) is 6.42. The SMILES string of the molecule is CCOC(=O)c1c(-c2ccccc2)csc1NC(=O)COC(=O)[C@@H]1C[C@H]1C. The molecular formula is C20H21NO5S. The molecule has 2 aromatic rings. The van der Waals surface area contributed by atoms with E-state index >= 15 is 0 Å². The van der Waals surface area contributed by atoms with Gasteiger partial charge in [0.15, 0.2) is 6.61 Å². The number of anilines is 1. The summed E-state index contributed by atoms with van der Waals surface area (Å²) in [6.45, 7) is 3.55. The predicted molar refractivity (Wildman–Crippen MR) is 103 cm³/mol. The van der Waals surface area contributed by atoms with E-state index < -0.39 is 11.9 Å². The molecule has 1 aliphatic carbocycles. The van der Waals surface area contributed by atoms with Crippen molar-refractivity contribution in [3.8, 4) is 11.1 Å². The van der Waals surface area contributed by atoms with Crippen LogP contribution in [0.25, 0.3) is 11.1 Å². The van der Waals surface area contributed by atoms with Crippen molar-refractivity contribution in [2.75, 3.05) is 18.5 Å². The van der Waals surface area contributed by atoms with Crippen molar-refractivity contribution in [2.24, 2.45) is 11.8 Å². The van der Waals surface area contributed by atoms with Crippen molar-refractivity contribution in [2.45, 2.75) is 20.3 Å². The maximum absolute atomic E-state index is 12.4. The molecular weight excluding hydrogens is 366 g/mol. The summed E-state index contributed by atoms with van der Waals surface area (Å²) in [5, 5.41) is 4.85. The molecule has 1 amide bonds. The van der Waals surface area contributed by atoms with Crippen molar-refractivity contribution < 1.29 is 23.9 Å². The van der Waals surface area contributed by atoms with E-state index in [4.69, 9.17) is 9.47 Å². The van der Waals surface area contributed by atoms with E-state index in [1.165, 1.54) is 11.3 Å². The van der Waals surface area contributed by atoms with Crippen molar-refractivity contribution >= 4 is 34.2 Å². The number of amides is 1. The van der Waals surface area contributed by atoms with E-state index in [-0.39, 0.29) is 25.1 Å². The number of esters is 2. The molecule has 1 aromatic carbocycles. The smallest absolute Gasteiger partial charge is 0.341 e. The largest absolute Gasteiger partial charge is 0.462 e. The Morgan fingerprint density at radius 2 is 1.89 bits per heavy atom. The van der Waals surface area contributed by atoms with Gasteiger partial charge in [-0.05, 0) is 24.8 Å². The number of benzene rings is 1. The van der Waals surface area contributed by atoms with Crippen molar-refractivity contribution in [1.82, 2.24) is 0 Å². The molecule has 1 saturated carbocycles. The lowest BCUT2D eigenvalue weighted by Gasteiger charge is -2.09. The standard InChI is InChI=1S/C20H21NO5S/c1-3-25-20(24)17-15(13-7-5-4-6-8-13)11-27-18(17)21-16(22)10-26-19(23)14-9-12(14)2/h4-8,11-12,14H,3,9-10H2,1-2H3,(H,21,22)/t12-,14-/m1/s1. The summed E-state index contributed by atoms with van der Waals surface area (Å²) < 4.78 is 10.2. The summed E-state index contributed by atoms with van der Waals surface area (Å²) in [6, 6.07) is 9.40. The first kappa shape index (κ1) is 19.1. The van der Waals surface area contributed by atoms with Crippen LogP contribution in [0.3, 0.4) is 0 Å². The van der Waals surface area contributed by atoms with Crippen LogP contribution >= 0.6 is 11.3 Å². The summed E-state index contributed by atoms with van der Waals surface area (Å²) >= 11 is 1.23. The second kappa shape index (κ2) is 8.35. The number of carbonyl (C=O) groups is 3. The molecule has 0 saturated heterocycles. The predicted octanol–water partition coefficient (Wildman–Crippen LogP) is 3.73. The molecule has 0 aliphatic heterocycles. The minimum atomic E-state index is -0.503. The Hall–Kier alpha value is -2.67. The number of rotatable bonds is 7. The van der Waals surface area contributed by atoms with Gasteiger partial charge in [0.25, 0.3) is 5.91 Å². The lowest BCUT2D eigenvalue weighted by atomic mass is 10.0. The van der Waals surface area contributed by atoms with Gasteiger partial charge in [-0.15, -0.1) is 11.3 Å². The molecule has 142 valence electrons. The minimum Gasteiger partial charge on any atom is -0.462 e. The normalized spacial score (nSPS) is 17.9. The fraction of sp³-hybridized carbons (Fsp3) is 0.350. The highest BCUT2D eigenvalue weighted by Gasteiger charge is 2.40. The van der Waals surface area contributed by atoms with Crippen LogP contribution in [0.15, 0.2) is 35.7 Å². The number of carbonyl (C=O) groups excluding carboxylic acids is 3. The number of hydrogen-bond donors (Lipinski definition) is 1. The zero-order valence-corrected chi connectivity index (χ0v) is 16.0. The highest BCUT2D eigenvalue weighted by atomic mass is 32.1. The second-order valence-corrected chi connectivity index (χ2v) is 7.30. The average molecular weight is 387 g/mol. The maximum atomic E-state index is 12.4. The van der Waals surface area contributed by atoms with Crippen molar-refractivity contribution in [3.63, 3.8) is 0 Å². The quantitative estimate of drug-likeness (QED) is 0.732. The molecule has 0 bridgehead atoms. The van der Waals surface area contributed by atoms with Gasteiger partial charge in [0, 0.05) is 10.9 Å². The van der Waals surface area contributed by atoms with E-state index in [9.17, 15) is 14.4 Å². The molecule has 27 heavy (non-hydrogen) atoms. The number of ether oxygens (including phenoxy) is 2. The molecule has 6 nitrogen and oxygen atoms in total. The van der Waals surface area contributed by atoms with Crippen molar-refractivity contribution in [3.05, 3.63) is 41.3 Å². The molecule has 0 spiro atoms. The number of thiophene rings is 1. The van der Waals surface area contributed by atoms with Gasteiger partial charge in [-0.2, -0.15) is 0 Å². The third-order valence-electron chi connectivity index (χ3n) is 4.37. The first-order chi connectivity index (χ1) is 13.0. The summed E-state index contributed by atoms with van der Waals surface area (Å²) in [4.78, 5) is 36.4. The summed E-state index contributed by atoms with van der Waals surface area (Å²) in [5.74, 6) is -1.11. The molecule has 7 heteroatoms. The van der Waals surface area contributed by atoms with Gasteiger partial charge in [0.2, 0.25) is 0 Å². The fourth-order valence-corrected chi connectivity index (χ4v) is 3.72. The van der Waals surface area contributed by atoms with Gasteiger partial charge in [-0.3, -0.25) is 9.59 Å². The van der Waals surface area contributed by atoms with Gasteiger partial charge >= 0.3 is 11.9 Å². The van der Waals surface area contributed by atoms with Crippen LogP contribution in [-0.2, 0) is 19.1 Å². The average Bonchev–Trinajstić information content (AvgIpc) is 3.25. The van der Waals surface area contributed by atoms with Crippen LogP contribution in [0.2, 0.25) is 0 Å². The van der Waals surface area contributed by atoms with Crippen LogP contribution in [0.5, 0.6) is 0 Å². The van der Waals surface area contributed by atoms with E-state index in [2.05, 4.69) is 5.32 Å². The van der Waals surface area contributed by atoms with Crippen LogP contribution in [0.4, 0.5) is 5.00 Å². The third-order valence-corrected chi connectivity index (χ3v) is 5.26. The van der Waals surface area contributed by atoms with Crippen molar-refractivity contribution in [1.29, 1.82) is 0 Å². The molecule has 1 fully saturated rings. The van der Waals surface area contributed by atoms with Gasteiger partial charge in [-0.1, -0.05) is 37.3 Å². The van der Waals surface area contributed by atoms with E-state index in [1.807, 2.05) is 37.3 Å². The Balaban J connectivity index is 1.74. The van der Waals surface area contributed by atoms with Gasteiger partial charge in [0.1, 0.15) is 10.6 Å². The molecule has 0 unspecified atom stereocenters. The topological polar surface area (TPSA) is 81.7 Å². The monoisotopic (exact) mass is 387 g/mol. The highest BCUT2D eigenvalue weighted by molar-refractivity contribution is 7.15. The Bertz CT molecular complexity index is 845. The molecule has 1 N–H and O–H groups in total. The van der Waals surface area contributed by atoms with E-state index in [0.717, 1.165) is 12.0 Å². The Kier molecular flexibility index (Phi) is 5.91. The zero-order chi connectivity index (χ0) is 19.4.